The highest BCUT2D eigenvalue weighted by molar-refractivity contribution is 7.92. The van der Waals surface area contributed by atoms with Crippen LogP contribution in [0, 0.1) is 6.92 Å². The van der Waals surface area contributed by atoms with E-state index in [1.54, 1.807) is 25.1 Å². The number of sulfonamides is 1. The summed E-state index contributed by atoms with van der Waals surface area (Å²) in [5.41, 5.74) is 1.59. The number of anilines is 1. The third-order valence-corrected chi connectivity index (χ3v) is 5.63. The summed E-state index contributed by atoms with van der Waals surface area (Å²) in [6.45, 7) is 1.73. The maximum atomic E-state index is 12.6. The van der Waals surface area contributed by atoms with Crippen molar-refractivity contribution < 1.29 is 12.8 Å². The molecule has 0 bridgehead atoms. The number of hydrogen-bond donors (Lipinski definition) is 1. The SMILES string of the molecule is Cc1cc(Cl)ccc1NS(=O)(=O)c1cc2oc(=O)n(C)c2cc1Cl. The Morgan fingerprint density at radius 1 is 1.17 bits per heavy atom. The topological polar surface area (TPSA) is 81.3 Å². The predicted octanol–water partition coefficient (Wildman–Crippen LogP) is 3.55. The maximum Gasteiger partial charge on any atom is 0.419 e. The third-order valence-electron chi connectivity index (χ3n) is 3.57. The van der Waals surface area contributed by atoms with Crippen molar-refractivity contribution in [2.45, 2.75) is 11.8 Å². The molecule has 1 aromatic heterocycles. The minimum absolute atomic E-state index is 0.0157. The lowest BCUT2D eigenvalue weighted by atomic mass is 10.2. The standard InChI is InChI=1S/C15H12Cl2N2O4S/c1-8-5-9(16)3-4-11(8)18-24(21,22)14-7-13-12(6-10(14)17)19(2)15(20)23-13/h3-7,18H,1-2H3. The van der Waals surface area contributed by atoms with E-state index in [0.29, 0.717) is 21.8 Å². The molecule has 0 atom stereocenters. The lowest BCUT2D eigenvalue weighted by molar-refractivity contribution is 0.527. The molecule has 24 heavy (non-hydrogen) atoms. The highest BCUT2D eigenvalue weighted by Crippen LogP contribution is 2.29. The summed E-state index contributed by atoms with van der Waals surface area (Å²) >= 11 is 12.0. The quantitative estimate of drug-likeness (QED) is 0.745. The Balaban J connectivity index is 2.11. The van der Waals surface area contributed by atoms with Crippen LogP contribution in [0.1, 0.15) is 5.56 Å². The first-order chi connectivity index (χ1) is 11.2. The fraction of sp³-hybridized carbons (Fsp3) is 0.133. The zero-order valence-corrected chi connectivity index (χ0v) is 15.0. The van der Waals surface area contributed by atoms with Crippen LogP contribution in [0.25, 0.3) is 11.1 Å². The van der Waals surface area contributed by atoms with Crippen molar-refractivity contribution in [1.82, 2.24) is 4.57 Å². The Morgan fingerprint density at radius 3 is 2.54 bits per heavy atom. The highest BCUT2D eigenvalue weighted by atomic mass is 35.5. The van der Waals surface area contributed by atoms with Gasteiger partial charge in [-0.15, -0.1) is 0 Å². The molecule has 2 aromatic carbocycles. The highest BCUT2D eigenvalue weighted by Gasteiger charge is 2.22. The second kappa shape index (κ2) is 5.84. The summed E-state index contributed by atoms with van der Waals surface area (Å²) in [6, 6.07) is 7.38. The van der Waals surface area contributed by atoms with Crippen molar-refractivity contribution in [3.8, 4) is 0 Å². The average Bonchev–Trinajstić information content (AvgIpc) is 2.76. The Morgan fingerprint density at radius 2 is 1.88 bits per heavy atom. The van der Waals surface area contributed by atoms with E-state index in [2.05, 4.69) is 4.72 Å². The molecule has 0 spiro atoms. The van der Waals surface area contributed by atoms with Crippen LogP contribution >= 0.6 is 23.2 Å². The second-order valence-corrected chi connectivity index (χ2v) is 7.74. The number of benzene rings is 2. The van der Waals surface area contributed by atoms with Gasteiger partial charge in [0.25, 0.3) is 10.0 Å². The third kappa shape index (κ3) is 2.90. The molecule has 0 aliphatic rings. The van der Waals surface area contributed by atoms with Gasteiger partial charge in [-0.1, -0.05) is 23.2 Å². The normalized spacial score (nSPS) is 11.8. The Labute approximate surface area is 147 Å². The molecule has 0 unspecified atom stereocenters. The molecule has 1 N–H and O–H groups in total. The van der Waals surface area contributed by atoms with Crippen molar-refractivity contribution in [2.75, 3.05) is 4.72 Å². The molecule has 0 radical (unpaired) electrons. The molecule has 126 valence electrons. The van der Waals surface area contributed by atoms with Crippen molar-refractivity contribution in [1.29, 1.82) is 0 Å². The number of oxazole rings is 1. The van der Waals surface area contributed by atoms with E-state index in [4.69, 9.17) is 27.6 Å². The van der Waals surface area contributed by atoms with Gasteiger partial charge in [-0.25, -0.2) is 13.2 Å². The van der Waals surface area contributed by atoms with Crippen LogP contribution in [0.3, 0.4) is 0 Å². The Bertz CT molecular complexity index is 1120. The first kappa shape index (κ1) is 16.9. The van der Waals surface area contributed by atoms with Crippen LogP contribution in [0.4, 0.5) is 5.69 Å². The van der Waals surface area contributed by atoms with E-state index in [-0.39, 0.29) is 15.5 Å². The molecule has 3 rings (SSSR count). The molecule has 0 aliphatic carbocycles. The number of hydrogen-bond acceptors (Lipinski definition) is 4. The van der Waals surface area contributed by atoms with Gasteiger partial charge < -0.3 is 4.42 Å². The molecule has 0 fully saturated rings. The number of nitrogens with one attached hydrogen (secondary N) is 1. The van der Waals surface area contributed by atoms with E-state index >= 15 is 0 Å². The average molecular weight is 387 g/mol. The van der Waals surface area contributed by atoms with Crippen LogP contribution in [0.2, 0.25) is 10.0 Å². The van der Waals surface area contributed by atoms with Gasteiger partial charge in [0, 0.05) is 18.1 Å². The summed E-state index contributed by atoms with van der Waals surface area (Å²) in [5, 5.41) is 0.485. The lowest BCUT2D eigenvalue weighted by Gasteiger charge is -2.12. The largest absolute Gasteiger partial charge is 0.419 e. The molecule has 0 saturated carbocycles. The van der Waals surface area contributed by atoms with Gasteiger partial charge in [0.1, 0.15) is 4.90 Å². The van der Waals surface area contributed by atoms with Gasteiger partial charge in [-0.2, -0.15) is 0 Å². The van der Waals surface area contributed by atoms with Crippen LogP contribution in [-0.4, -0.2) is 13.0 Å². The first-order valence-electron chi connectivity index (χ1n) is 6.77. The molecule has 0 saturated heterocycles. The lowest BCUT2D eigenvalue weighted by Crippen LogP contribution is -2.14. The second-order valence-electron chi connectivity index (χ2n) is 5.24. The number of aromatic nitrogens is 1. The van der Waals surface area contributed by atoms with Crippen LogP contribution in [0.15, 0.2) is 44.4 Å². The Kier molecular flexibility index (Phi) is 4.11. The monoisotopic (exact) mass is 386 g/mol. The van der Waals surface area contributed by atoms with E-state index < -0.39 is 15.8 Å². The van der Waals surface area contributed by atoms with Gasteiger partial charge in [-0.3, -0.25) is 9.29 Å². The van der Waals surface area contributed by atoms with Gasteiger partial charge in [-0.05, 0) is 36.8 Å². The summed E-state index contributed by atoms with van der Waals surface area (Å²) in [7, 11) is -2.46. The fourth-order valence-electron chi connectivity index (χ4n) is 2.28. The van der Waals surface area contributed by atoms with Crippen molar-refractivity contribution in [3.63, 3.8) is 0 Å². The minimum atomic E-state index is -3.97. The fourth-order valence-corrected chi connectivity index (χ4v) is 4.17. The van der Waals surface area contributed by atoms with Crippen molar-refractivity contribution >= 4 is 50.0 Å². The minimum Gasteiger partial charge on any atom is -0.408 e. The molecule has 3 aromatic rings. The van der Waals surface area contributed by atoms with Crippen LogP contribution in [-0.2, 0) is 17.1 Å². The summed E-state index contributed by atoms with van der Waals surface area (Å²) < 4.78 is 34.0. The van der Waals surface area contributed by atoms with E-state index in [1.165, 1.54) is 23.7 Å². The number of halogens is 2. The summed E-state index contributed by atoms with van der Waals surface area (Å²) in [6.07, 6.45) is 0. The number of aryl methyl sites for hydroxylation is 2. The molecule has 0 aliphatic heterocycles. The predicted molar refractivity (Wildman–Crippen MR) is 93.5 cm³/mol. The summed E-state index contributed by atoms with van der Waals surface area (Å²) in [5.74, 6) is -0.600. The van der Waals surface area contributed by atoms with Gasteiger partial charge in [0.05, 0.1) is 16.2 Å². The maximum absolute atomic E-state index is 12.6. The van der Waals surface area contributed by atoms with Crippen molar-refractivity contribution in [2.24, 2.45) is 7.05 Å². The number of fused-ring (bicyclic) bond motifs is 1. The zero-order chi connectivity index (χ0) is 17.6. The van der Waals surface area contributed by atoms with Gasteiger partial charge >= 0.3 is 5.76 Å². The molecule has 1 heterocycles. The molecule has 0 amide bonds. The zero-order valence-electron chi connectivity index (χ0n) is 12.6. The van der Waals surface area contributed by atoms with Gasteiger partial charge in [0.2, 0.25) is 0 Å². The molecule has 9 heteroatoms. The van der Waals surface area contributed by atoms with E-state index in [0.717, 1.165) is 0 Å². The van der Waals surface area contributed by atoms with Gasteiger partial charge in [0.15, 0.2) is 5.58 Å². The molecular formula is C15H12Cl2N2O4S. The smallest absolute Gasteiger partial charge is 0.408 e. The summed E-state index contributed by atoms with van der Waals surface area (Å²) in [4.78, 5) is 11.4. The molecule has 6 nitrogen and oxygen atoms in total. The Hall–Kier alpha value is -1.96. The van der Waals surface area contributed by atoms with E-state index in [9.17, 15) is 13.2 Å². The molecular weight excluding hydrogens is 375 g/mol. The number of nitrogens with zero attached hydrogens (tertiary/aromatic N) is 1. The first-order valence-corrected chi connectivity index (χ1v) is 9.01. The number of rotatable bonds is 3. The van der Waals surface area contributed by atoms with Crippen molar-refractivity contribution in [3.05, 3.63) is 56.5 Å². The van der Waals surface area contributed by atoms with E-state index in [1.807, 2.05) is 0 Å². The van der Waals surface area contributed by atoms with Crippen LogP contribution in [0.5, 0.6) is 0 Å². The van der Waals surface area contributed by atoms with Crippen LogP contribution < -0.4 is 10.5 Å².